The van der Waals surface area contributed by atoms with Crippen molar-refractivity contribution < 1.29 is 4.79 Å². The van der Waals surface area contributed by atoms with Crippen molar-refractivity contribution in [3.63, 3.8) is 0 Å². The molecule has 0 spiro atoms. The van der Waals surface area contributed by atoms with Crippen LogP contribution in [-0.2, 0) is 4.79 Å². The predicted molar refractivity (Wildman–Crippen MR) is 51.5 cm³/mol. The van der Waals surface area contributed by atoms with Gasteiger partial charge in [0, 0.05) is 24.9 Å². The minimum absolute atomic E-state index is 0.000839. The molecule has 1 amide bonds. The van der Waals surface area contributed by atoms with E-state index in [1.165, 1.54) is 0 Å². The summed E-state index contributed by atoms with van der Waals surface area (Å²) in [5.41, 5.74) is 1.01. The van der Waals surface area contributed by atoms with E-state index in [1.54, 1.807) is 6.08 Å². The second-order valence-corrected chi connectivity index (χ2v) is 3.02. The molecule has 0 saturated carbocycles. The van der Waals surface area contributed by atoms with Crippen molar-refractivity contribution in [2.24, 2.45) is 0 Å². The van der Waals surface area contributed by atoms with Crippen molar-refractivity contribution in [2.45, 2.75) is 20.8 Å². The number of nitrogens with one attached hydrogen (secondary N) is 1. The van der Waals surface area contributed by atoms with Crippen LogP contribution in [0.3, 0.4) is 0 Å². The summed E-state index contributed by atoms with van der Waals surface area (Å²) < 4.78 is 0. The minimum atomic E-state index is 0.000839. The van der Waals surface area contributed by atoms with Crippen LogP contribution in [0.4, 0.5) is 0 Å². The molecular weight excluding hydrogens is 166 g/mol. The van der Waals surface area contributed by atoms with Crippen LogP contribution in [-0.4, -0.2) is 35.7 Å². The van der Waals surface area contributed by atoms with E-state index >= 15 is 0 Å². The highest BCUT2D eigenvalue weighted by Crippen LogP contribution is 2.09. The van der Waals surface area contributed by atoms with Crippen LogP contribution < -0.4 is 5.32 Å². The van der Waals surface area contributed by atoms with Crippen LogP contribution in [0.1, 0.15) is 20.8 Å². The lowest BCUT2D eigenvalue weighted by atomic mass is 10.3. The molecule has 4 nitrogen and oxygen atoms in total. The SMILES string of the molecule is CCN(CC)N1CNC(=O)C=C1C. The molecule has 4 heteroatoms. The molecule has 0 fully saturated rings. The Morgan fingerprint density at radius 2 is 2.15 bits per heavy atom. The molecule has 1 rings (SSSR count). The zero-order chi connectivity index (χ0) is 9.84. The van der Waals surface area contributed by atoms with Gasteiger partial charge in [0.15, 0.2) is 0 Å². The van der Waals surface area contributed by atoms with Crippen LogP contribution in [0.5, 0.6) is 0 Å². The quantitative estimate of drug-likeness (QED) is 0.693. The number of nitrogens with zero attached hydrogens (tertiary/aromatic N) is 2. The molecule has 0 atom stereocenters. The van der Waals surface area contributed by atoms with E-state index in [2.05, 4.69) is 29.2 Å². The highest BCUT2D eigenvalue weighted by molar-refractivity contribution is 5.88. The van der Waals surface area contributed by atoms with Crippen LogP contribution in [0.15, 0.2) is 11.8 Å². The van der Waals surface area contributed by atoms with Gasteiger partial charge in [-0.25, -0.2) is 5.01 Å². The second-order valence-electron chi connectivity index (χ2n) is 3.02. The van der Waals surface area contributed by atoms with E-state index in [4.69, 9.17) is 0 Å². The molecule has 0 unspecified atom stereocenters. The average Bonchev–Trinajstić information content (AvgIpc) is 2.10. The summed E-state index contributed by atoms with van der Waals surface area (Å²) in [6.45, 7) is 8.66. The number of carbonyl (C=O) groups excluding carboxylic acids is 1. The molecule has 1 N–H and O–H groups in total. The summed E-state index contributed by atoms with van der Waals surface area (Å²) in [6.07, 6.45) is 1.63. The van der Waals surface area contributed by atoms with Gasteiger partial charge in [-0.3, -0.25) is 9.80 Å². The fourth-order valence-corrected chi connectivity index (χ4v) is 1.48. The summed E-state index contributed by atoms with van der Waals surface area (Å²) in [6, 6.07) is 0. The highest BCUT2D eigenvalue weighted by Gasteiger charge is 2.17. The van der Waals surface area contributed by atoms with Crippen molar-refractivity contribution in [3.05, 3.63) is 11.8 Å². The molecular formula is C9H17N3O. The van der Waals surface area contributed by atoms with E-state index in [-0.39, 0.29) is 5.91 Å². The Morgan fingerprint density at radius 3 is 2.62 bits per heavy atom. The topological polar surface area (TPSA) is 35.6 Å². The Morgan fingerprint density at radius 1 is 1.54 bits per heavy atom. The fourth-order valence-electron chi connectivity index (χ4n) is 1.48. The summed E-state index contributed by atoms with van der Waals surface area (Å²) in [4.78, 5) is 11.0. The third-order valence-electron chi connectivity index (χ3n) is 2.22. The van der Waals surface area contributed by atoms with Gasteiger partial charge in [0.1, 0.15) is 6.67 Å². The summed E-state index contributed by atoms with van der Waals surface area (Å²) in [5.74, 6) is 0.000839. The summed E-state index contributed by atoms with van der Waals surface area (Å²) in [7, 11) is 0. The van der Waals surface area contributed by atoms with Crippen molar-refractivity contribution in [1.82, 2.24) is 15.3 Å². The van der Waals surface area contributed by atoms with Gasteiger partial charge in [0.2, 0.25) is 5.91 Å². The van der Waals surface area contributed by atoms with Crippen LogP contribution >= 0.6 is 0 Å². The second kappa shape index (κ2) is 4.28. The van der Waals surface area contributed by atoms with E-state index in [0.717, 1.165) is 18.8 Å². The predicted octanol–water partition coefficient (Wildman–Crippen LogP) is 0.536. The van der Waals surface area contributed by atoms with Crippen molar-refractivity contribution in [2.75, 3.05) is 19.8 Å². The van der Waals surface area contributed by atoms with E-state index < -0.39 is 0 Å². The average molecular weight is 183 g/mol. The molecule has 0 aromatic rings. The van der Waals surface area contributed by atoms with Crippen molar-refractivity contribution in [3.8, 4) is 0 Å². The summed E-state index contributed by atoms with van der Waals surface area (Å²) >= 11 is 0. The Hall–Kier alpha value is -1.03. The van der Waals surface area contributed by atoms with Gasteiger partial charge in [-0.1, -0.05) is 13.8 Å². The third kappa shape index (κ3) is 2.21. The van der Waals surface area contributed by atoms with Crippen molar-refractivity contribution in [1.29, 1.82) is 0 Å². The first-order chi connectivity index (χ1) is 6.19. The van der Waals surface area contributed by atoms with Gasteiger partial charge in [-0.2, -0.15) is 0 Å². The van der Waals surface area contributed by atoms with Gasteiger partial charge in [0.25, 0.3) is 0 Å². The smallest absolute Gasteiger partial charge is 0.247 e. The number of hydrogen-bond acceptors (Lipinski definition) is 3. The molecule has 0 bridgehead atoms. The number of carbonyl (C=O) groups is 1. The molecule has 1 aliphatic rings. The fraction of sp³-hybridized carbons (Fsp3) is 0.667. The third-order valence-corrected chi connectivity index (χ3v) is 2.22. The molecule has 0 saturated heterocycles. The number of hydrogen-bond donors (Lipinski definition) is 1. The standard InChI is InChI=1S/C9H17N3O/c1-4-11(5-2)12-7-10-9(13)6-8(12)3/h6H,4-5,7H2,1-3H3,(H,10,13). The normalized spacial score (nSPS) is 17.4. The molecule has 0 aromatic heterocycles. The maximum Gasteiger partial charge on any atom is 0.247 e. The lowest BCUT2D eigenvalue weighted by Gasteiger charge is -2.37. The number of rotatable bonds is 3. The number of amides is 1. The minimum Gasteiger partial charge on any atom is -0.334 e. The number of hydrazine groups is 1. The molecule has 0 aliphatic carbocycles. The Labute approximate surface area is 79.2 Å². The van der Waals surface area contributed by atoms with Gasteiger partial charge in [-0.15, -0.1) is 0 Å². The first-order valence-electron chi connectivity index (χ1n) is 4.67. The van der Waals surface area contributed by atoms with Crippen LogP contribution in [0, 0.1) is 0 Å². The van der Waals surface area contributed by atoms with Gasteiger partial charge >= 0.3 is 0 Å². The molecule has 1 aliphatic heterocycles. The Kier molecular flexibility index (Phi) is 3.31. The lowest BCUT2D eigenvalue weighted by molar-refractivity contribution is -0.120. The Bertz CT molecular complexity index is 221. The summed E-state index contributed by atoms with van der Waals surface area (Å²) in [5, 5.41) is 7.05. The maximum absolute atomic E-state index is 11.0. The number of allylic oxidation sites excluding steroid dienone is 1. The van der Waals surface area contributed by atoms with E-state index in [0.29, 0.717) is 6.67 Å². The Balaban J connectivity index is 2.70. The lowest BCUT2D eigenvalue weighted by Crippen LogP contribution is -2.50. The highest BCUT2D eigenvalue weighted by atomic mass is 16.1. The first-order valence-corrected chi connectivity index (χ1v) is 4.67. The van der Waals surface area contributed by atoms with Crippen LogP contribution in [0.2, 0.25) is 0 Å². The molecule has 1 heterocycles. The monoisotopic (exact) mass is 183 g/mol. The first kappa shape index (κ1) is 10.1. The zero-order valence-corrected chi connectivity index (χ0v) is 8.50. The van der Waals surface area contributed by atoms with Gasteiger partial charge in [-0.05, 0) is 6.92 Å². The zero-order valence-electron chi connectivity index (χ0n) is 8.50. The molecule has 0 aromatic carbocycles. The maximum atomic E-state index is 11.0. The molecule has 74 valence electrons. The largest absolute Gasteiger partial charge is 0.334 e. The van der Waals surface area contributed by atoms with Gasteiger partial charge in [0.05, 0.1) is 0 Å². The molecule has 0 radical (unpaired) electrons. The van der Waals surface area contributed by atoms with Crippen LogP contribution in [0.25, 0.3) is 0 Å². The van der Waals surface area contributed by atoms with E-state index in [1.807, 2.05) is 6.92 Å². The van der Waals surface area contributed by atoms with Gasteiger partial charge < -0.3 is 5.32 Å². The van der Waals surface area contributed by atoms with E-state index in [9.17, 15) is 4.79 Å². The van der Waals surface area contributed by atoms with Crippen molar-refractivity contribution >= 4 is 5.91 Å². The molecule has 13 heavy (non-hydrogen) atoms.